The number of amides is 1. The normalized spacial score (nSPS) is 12.1. The van der Waals surface area contributed by atoms with Gasteiger partial charge in [0.05, 0.1) is 18.0 Å². The molecule has 5 heteroatoms. The van der Waals surface area contributed by atoms with Crippen LogP contribution in [0.3, 0.4) is 0 Å². The van der Waals surface area contributed by atoms with E-state index in [1.165, 1.54) is 0 Å². The van der Waals surface area contributed by atoms with Crippen molar-refractivity contribution in [3.05, 3.63) is 47.8 Å². The van der Waals surface area contributed by atoms with E-state index in [2.05, 4.69) is 10.4 Å². The fourth-order valence-corrected chi connectivity index (χ4v) is 1.98. The summed E-state index contributed by atoms with van der Waals surface area (Å²) in [6.07, 6.45) is 4.65. The van der Waals surface area contributed by atoms with Crippen LogP contribution < -0.4 is 5.32 Å². The number of hydrogen-bond donors (Lipinski definition) is 2. The number of aliphatic hydroxyl groups excluding tert-OH is 1. The third-order valence-corrected chi connectivity index (χ3v) is 3.34. The molecular weight excluding hydrogens is 266 g/mol. The fourth-order valence-electron chi connectivity index (χ4n) is 1.98. The second-order valence-electron chi connectivity index (χ2n) is 5.12. The van der Waals surface area contributed by atoms with Gasteiger partial charge in [-0.25, -0.2) is 4.68 Å². The molecule has 1 amide bonds. The van der Waals surface area contributed by atoms with Crippen LogP contribution in [0.4, 0.5) is 0 Å². The fraction of sp³-hybridized carbons (Fsp3) is 0.375. The second-order valence-corrected chi connectivity index (χ2v) is 5.12. The SMILES string of the molecule is CCC(O)CCNC(=O)c1ccc(-n2cc(C)cn2)cc1. The Morgan fingerprint density at radius 1 is 1.38 bits per heavy atom. The lowest BCUT2D eigenvalue weighted by molar-refractivity contribution is 0.0942. The standard InChI is InChI=1S/C16H21N3O2/c1-3-15(20)8-9-17-16(21)13-4-6-14(7-5-13)19-11-12(2)10-18-19/h4-7,10-11,15,20H,3,8-9H2,1-2H3,(H,17,21). The van der Waals surface area contributed by atoms with Gasteiger partial charge in [-0.1, -0.05) is 6.92 Å². The van der Waals surface area contributed by atoms with E-state index in [0.717, 1.165) is 11.3 Å². The zero-order valence-corrected chi connectivity index (χ0v) is 12.4. The van der Waals surface area contributed by atoms with Gasteiger partial charge < -0.3 is 10.4 Å². The molecule has 0 aliphatic carbocycles. The molecule has 21 heavy (non-hydrogen) atoms. The molecule has 0 aliphatic rings. The van der Waals surface area contributed by atoms with Crippen molar-refractivity contribution in [1.29, 1.82) is 0 Å². The van der Waals surface area contributed by atoms with E-state index < -0.39 is 0 Å². The minimum atomic E-state index is -0.351. The first-order valence-electron chi connectivity index (χ1n) is 7.18. The van der Waals surface area contributed by atoms with Crippen molar-refractivity contribution in [3.8, 4) is 5.69 Å². The molecule has 0 saturated carbocycles. The minimum absolute atomic E-state index is 0.124. The summed E-state index contributed by atoms with van der Waals surface area (Å²) < 4.78 is 1.77. The molecule has 5 nitrogen and oxygen atoms in total. The molecule has 0 fully saturated rings. The Morgan fingerprint density at radius 2 is 2.10 bits per heavy atom. The van der Waals surface area contributed by atoms with Crippen LogP contribution in [0, 0.1) is 6.92 Å². The first-order valence-corrected chi connectivity index (χ1v) is 7.18. The van der Waals surface area contributed by atoms with Gasteiger partial charge in [-0.05, 0) is 49.6 Å². The summed E-state index contributed by atoms with van der Waals surface area (Å²) in [5.74, 6) is -0.124. The Morgan fingerprint density at radius 3 is 2.67 bits per heavy atom. The number of benzene rings is 1. The van der Waals surface area contributed by atoms with Gasteiger partial charge in [-0.2, -0.15) is 5.10 Å². The summed E-state index contributed by atoms with van der Waals surface area (Å²) in [7, 11) is 0. The number of carbonyl (C=O) groups is 1. The third-order valence-electron chi connectivity index (χ3n) is 3.34. The number of aromatic nitrogens is 2. The van der Waals surface area contributed by atoms with E-state index in [1.54, 1.807) is 23.0 Å². The van der Waals surface area contributed by atoms with E-state index in [4.69, 9.17) is 0 Å². The van der Waals surface area contributed by atoms with E-state index in [1.807, 2.05) is 32.2 Å². The number of hydrogen-bond acceptors (Lipinski definition) is 3. The van der Waals surface area contributed by atoms with Crippen molar-refractivity contribution in [1.82, 2.24) is 15.1 Å². The van der Waals surface area contributed by atoms with Crippen LogP contribution in [0.2, 0.25) is 0 Å². The largest absolute Gasteiger partial charge is 0.393 e. The molecule has 0 spiro atoms. The Hall–Kier alpha value is -2.14. The monoisotopic (exact) mass is 287 g/mol. The molecule has 112 valence electrons. The molecule has 1 aromatic heterocycles. The van der Waals surface area contributed by atoms with Gasteiger partial charge in [-0.15, -0.1) is 0 Å². The first-order chi connectivity index (χ1) is 10.1. The first kappa shape index (κ1) is 15.3. The maximum atomic E-state index is 12.0. The lowest BCUT2D eigenvalue weighted by Crippen LogP contribution is -2.26. The van der Waals surface area contributed by atoms with Crippen molar-refractivity contribution >= 4 is 5.91 Å². The Bertz CT molecular complexity index is 590. The van der Waals surface area contributed by atoms with E-state index in [0.29, 0.717) is 24.9 Å². The summed E-state index contributed by atoms with van der Waals surface area (Å²) in [5.41, 5.74) is 2.61. The van der Waals surface area contributed by atoms with Gasteiger partial charge >= 0.3 is 0 Å². The highest BCUT2D eigenvalue weighted by Gasteiger charge is 2.07. The predicted molar refractivity (Wildman–Crippen MR) is 81.5 cm³/mol. The summed E-state index contributed by atoms with van der Waals surface area (Å²) in [6, 6.07) is 7.28. The molecule has 0 bridgehead atoms. The van der Waals surface area contributed by atoms with Gasteiger partial charge in [0.25, 0.3) is 5.91 Å². The van der Waals surface area contributed by atoms with Gasteiger partial charge in [0.1, 0.15) is 0 Å². The molecule has 0 saturated heterocycles. The summed E-state index contributed by atoms with van der Waals surface area (Å²) in [4.78, 5) is 12.0. The van der Waals surface area contributed by atoms with E-state index in [-0.39, 0.29) is 12.0 Å². The molecule has 2 rings (SSSR count). The van der Waals surface area contributed by atoms with Crippen LogP contribution in [0.25, 0.3) is 5.69 Å². The number of nitrogens with zero attached hydrogens (tertiary/aromatic N) is 2. The van der Waals surface area contributed by atoms with Gasteiger partial charge in [0, 0.05) is 18.3 Å². The van der Waals surface area contributed by atoms with Gasteiger partial charge in [-0.3, -0.25) is 4.79 Å². The highest BCUT2D eigenvalue weighted by molar-refractivity contribution is 5.94. The van der Waals surface area contributed by atoms with Crippen LogP contribution >= 0.6 is 0 Å². The molecule has 1 unspecified atom stereocenters. The van der Waals surface area contributed by atoms with Gasteiger partial charge in [0.15, 0.2) is 0 Å². The predicted octanol–water partition coefficient (Wildman–Crippen LogP) is 2.07. The molecule has 1 aromatic carbocycles. The van der Waals surface area contributed by atoms with Crippen LogP contribution in [-0.2, 0) is 0 Å². The number of nitrogens with one attached hydrogen (secondary N) is 1. The van der Waals surface area contributed by atoms with E-state index >= 15 is 0 Å². The third kappa shape index (κ3) is 4.16. The molecule has 2 N–H and O–H groups in total. The average Bonchev–Trinajstić information content (AvgIpc) is 2.93. The van der Waals surface area contributed by atoms with Crippen LogP contribution in [0.15, 0.2) is 36.7 Å². The summed E-state index contributed by atoms with van der Waals surface area (Å²) in [5, 5.41) is 16.5. The van der Waals surface area contributed by atoms with E-state index in [9.17, 15) is 9.90 Å². The number of aryl methyl sites for hydroxylation is 1. The average molecular weight is 287 g/mol. The highest BCUT2D eigenvalue weighted by Crippen LogP contribution is 2.10. The van der Waals surface area contributed by atoms with Crippen molar-refractivity contribution in [2.45, 2.75) is 32.8 Å². The molecule has 0 aliphatic heterocycles. The van der Waals surface area contributed by atoms with Crippen molar-refractivity contribution in [2.24, 2.45) is 0 Å². The topological polar surface area (TPSA) is 67.2 Å². The zero-order chi connectivity index (χ0) is 15.2. The zero-order valence-electron chi connectivity index (χ0n) is 12.4. The number of carbonyl (C=O) groups excluding carboxylic acids is 1. The maximum absolute atomic E-state index is 12.0. The van der Waals surface area contributed by atoms with Crippen molar-refractivity contribution in [2.75, 3.05) is 6.54 Å². The molecule has 2 aromatic rings. The van der Waals surface area contributed by atoms with Crippen molar-refractivity contribution < 1.29 is 9.90 Å². The lowest BCUT2D eigenvalue weighted by Gasteiger charge is -2.09. The van der Waals surface area contributed by atoms with Gasteiger partial charge in [0.2, 0.25) is 0 Å². The van der Waals surface area contributed by atoms with Crippen molar-refractivity contribution in [3.63, 3.8) is 0 Å². The smallest absolute Gasteiger partial charge is 0.251 e. The Balaban J connectivity index is 1.94. The Labute approximate surface area is 124 Å². The molecule has 1 heterocycles. The van der Waals surface area contributed by atoms with Crippen LogP contribution in [-0.4, -0.2) is 33.4 Å². The molecule has 0 radical (unpaired) electrons. The Kier molecular flexibility index (Phi) is 5.11. The number of aliphatic hydroxyl groups is 1. The number of rotatable bonds is 6. The lowest BCUT2D eigenvalue weighted by atomic mass is 10.1. The van der Waals surface area contributed by atoms with Crippen LogP contribution in [0.1, 0.15) is 35.7 Å². The van der Waals surface area contributed by atoms with Crippen LogP contribution in [0.5, 0.6) is 0 Å². The highest BCUT2D eigenvalue weighted by atomic mass is 16.3. The maximum Gasteiger partial charge on any atom is 0.251 e. The second kappa shape index (κ2) is 7.04. The molecular formula is C16H21N3O2. The summed E-state index contributed by atoms with van der Waals surface area (Å²) in [6.45, 7) is 4.38. The quantitative estimate of drug-likeness (QED) is 0.854. The summed E-state index contributed by atoms with van der Waals surface area (Å²) >= 11 is 0. The minimum Gasteiger partial charge on any atom is -0.393 e. The molecule has 1 atom stereocenters.